The van der Waals surface area contributed by atoms with Crippen molar-refractivity contribution < 1.29 is 4.79 Å². The molecule has 0 saturated heterocycles. The van der Waals surface area contributed by atoms with E-state index in [0.717, 1.165) is 22.3 Å². The van der Waals surface area contributed by atoms with Crippen molar-refractivity contribution in [3.8, 4) is 11.3 Å². The molecule has 2 aromatic heterocycles. The molecule has 0 atom stereocenters. The van der Waals surface area contributed by atoms with Crippen LogP contribution in [-0.4, -0.2) is 25.8 Å². The Morgan fingerprint density at radius 3 is 2.60 bits per heavy atom. The van der Waals surface area contributed by atoms with Crippen LogP contribution in [0.4, 0.5) is 5.69 Å². The minimum Gasteiger partial charge on any atom is -0.321 e. The van der Waals surface area contributed by atoms with Gasteiger partial charge in [0.15, 0.2) is 0 Å². The summed E-state index contributed by atoms with van der Waals surface area (Å²) in [6.07, 6.45) is 6.16. The van der Waals surface area contributed by atoms with E-state index in [2.05, 4.69) is 25.3 Å². The number of nitrogens with one attached hydrogen (secondary N) is 1. The zero-order chi connectivity index (χ0) is 17.1. The second-order valence-corrected chi connectivity index (χ2v) is 5.37. The Labute approximate surface area is 143 Å². The highest BCUT2D eigenvalue weighted by Gasteiger charge is 2.09. The van der Waals surface area contributed by atoms with Crippen LogP contribution in [-0.2, 0) is 0 Å². The molecule has 2 aromatic carbocycles. The first-order valence-corrected chi connectivity index (χ1v) is 7.69. The lowest BCUT2D eigenvalue weighted by atomic mass is 10.1. The van der Waals surface area contributed by atoms with E-state index < -0.39 is 0 Å². The predicted molar refractivity (Wildman–Crippen MR) is 95.0 cm³/mol. The monoisotopic (exact) mass is 327 g/mol. The van der Waals surface area contributed by atoms with Crippen LogP contribution in [0, 0.1) is 0 Å². The van der Waals surface area contributed by atoms with Gasteiger partial charge in [-0.1, -0.05) is 24.3 Å². The number of anilines is 1. The Morgan fingerprint density at radius 2 is 1.76 bits per heavy atom. The van der Waals surface area contributed by atoms with Crippen LogP contribution in [0.25, 0.3) is 22.3 Å². The number of rotatable bonds is 3. The summed E-state index contributed by atoms with van der Waals surface area (Å²) in [7, 11) is 0. The molecule has 25 heavy (non-hydrogen) atoms. The molecular formula is C19H13N5O. The van der Waals surface area contributed by atoms with Gasteiger partial charge in [0.2, 0.25) is 0 Å². The molecule has 0 fully saturated rings. The number of aromatic nitrogens is 4. The van der Waals surface area contributed by atoms with Gasteiger partial charge in [0.25, 0.3) is 5.91 Å². The molecule has 0 unspecified atom stereocenters. The summed E-state index contributed by atoms with van der Waals surface area (Å²) in [6.45, 7) is 0. The number of para-hydroxylation sites is 2. The first kappa shape index (κ1) is 14.9. The van der Waals surface area contributed by atoms with Crippen molar-refractivity contribution in [2.24, 2.45) is 0 Å². The molecule has 4 rings (SSSR count). The van der Waals surface area contributed by atoms with Crippen LogP contribution in [0.15, 0.2) is 73.3 Å². The maximum Gasteiger partial charge on any atom is 0.275 e. The van der Waals surface area contributed by atoms with E-state index in [1.54, 1.807) is 6.20 Å². The highest BCUT2D eigenvalue weighted by Crippen LogP contribution is 2.22. The number of fused-ring (bicyclic) bond motifs is 1. The molecule has 0 bridgehead atoms. The van der Waals surface area contributed by atoms with E-state index in [9.17, 15) is 4.79 Å². The molecule has 0 radical (unpaired) electrons. The Hall–Kier alpha value is -3.67. The zero-order valence-electron chi connectivity index (χ0n) is 13.1. The van der Waals surface area contributed by atoms with E-state index in [-0.39, 0.29) is 11.6 Å². The van der Waals surface area contributed by atoms with Crippen LogP contribution in [0.1, 0.15) is 10.5 Å². The Balaban J connectivity index is 1.63. The Morgan fingerprint density at radius 1 is 0.880 bits per heavy atom. The quantitative estimate of drug-likeness (QED) is 0.624. The highest BCUT2D eigenvalue weighted by molar-refractivity contribution is 6.02. The van der Waals surface area contributed by atoms with E-state index >= 15 is 0 Å². The second-order valence-electron chi connectivity index (χ2n) is 5.37. The largest absolute Gasteiger partial charge is 0.321 e. The smallest absolute Gasteiger partial charge is 0.275 e. The summed E-state index contributed by atoms with van der Waals surface area (Å²) in [5.74, 6) is -0.310. The maximum atomic E-state index is 12.2. The third-order valence-electron chi connectivity index (χ3n) is 3.66. The molecule has 6 heteroatoms. The van der Waals surface area contributed by atoms with Gasteiger partial charge in [-0.3, -0.25) is 14.8 Å². The van der Waals surface area contributed by atoms with Crippen molar-refractivity contribution in [1.82, 2.24) is 19.9 Å². The first-order chi connectivity index (χ1) is 12.3. The molecule has 0 aliphatic heterocycles. The van der Waals surface area contributed by atoms with Gasteiger partial charge in [0, 0.05) is 23.6 Å². The van der Waals surface area contributed by atoms with Crippen LogP contribution in [0.2, 0.25) is 0 Å². The topological polar surface area (TPSA) is 80.7 Å². The summed E-state index contributed by atoms with van der Waals surface area (Å²) in [5.41, 5.74) is 4.21. The van der Waals surface area contributed by atoms with Gasteiger partial charge >= 0.3 is 0 Å². The summed E-state index contributed by atoms with van der Waals surface area (Å²) in [4.78, 5) is 29.1. The van der Waals surface area contributed by atoms with Gasteiger partial charge in [0.05, 0.1) is 29.1 Å². The number of amides is 1. The molecule has 0 aliphatic carbocycles. The number of benzene rings is 2. The van der Waals surface area contributed by atoms with Crippen molar-refractivity contribution in [3.63, 3.8) is 0 Å². The number of hydrogen-bond acceptors (Lipinski definition) is 5. The minimum atomic E-state index is -0.310. The van der Waals surface area contributed by atoms with Crippen LogP contribution < -0.4 is 5.32 Å². The minimum absolute atomic E-state index is 0.262. The number of carbonyl (C=O) groups excluding carboxylic acids is 1. The van der Waals surface area contributed by atoms with Gasteiger partial charge in [0.1, 0.15) is 5.69 Å². The highest BCUT2D eigenvalue weighted by atomic mass is 16.1. The van der Waals surface area contributed by atoms with Gasteiger partial charge in [-0.05, 0) is 24.3 Å². The molecule has 0 aliphatic rings. The number of carbonyl (C=O) groups is 1. The zero-order valence-corrected chi connectivity index (χ0v) is 13.1. The average molecular weight is 327 g/mol. The summed E-state index contributed by atoms with van der Waals surface area (Å²) >= 11 is 0. The summed E-state index contributed by atoms with van der Waals surface area (Å²) in [5, 5.41) is 2.82. The molecule has 0 spiro atoms. The molecule has 1 N–H and O–H groups in total. The van der Waals surface area contributed by atoms with Gasteiger partial charge in [-0.25, -0.2) is 9.97 Å². The van der Waals surface area contributed by atoms with E-state index in [1.807, 2.05) is 48.5 Å². The summed E-state index contributed by atoms with van der Waals surface area (Å²) in [6, 6.07) is 15.2. The fourth-order valence-electron chi connectivity index (χ4n) is 2.46. The average Bonchev–Trinajstić information content (AvgIpc) is 2.68. The SMILES string of the molecule is O=C(Nc1cccc(-c2cnc3ccccc3n2)c1)c1cnccn1. The van der Waals surface area contributed by atoms with Crippen molar-refractivity contribution >= 4 is 22.6 Å². The second kappa shape index (κ2) is 6.45. The van der Waals surface area contributed by atoms with E-state index in [1.165, 1.54) is 18.6 Å². The molecular weight excluding hydrogens is 314 g/mol. The van der Waals surface area contributed by atoms with Gasteiger partial charge < -0.3 is 5.32 Å². The van der Waals surface area contributed by atoms with Crippen molar-refractivity contribution in [1.29, 1.82) is 0 Å². The lowest BCUT2D eigenvalue weighted by Gasteiger charge is -2.07. The fourth-order valence-corrected chi connectivity index (χ4v) is 2.46. The van der Waals surface area contributed by atoms with E-state index in [4.69, 9.17) is 0 Å². The normalized spacial score (nSPS) is 10.6. The Bertz CT molecular complexity index is 1050. The van der Waals surface area contributed by atoms with Crippen LogP contribution in [0.3, 0.4) is 0 Å². The number of hydrogen-bond donors (Lipinski definition) is 1. The summed E-state index contributed by atoms with van der Waals surface area (Å²) < 4.78 is 0. The molecule has 6 nitrogen and oxygen atoms in total. The maximum absolute atomic E-state index is 12.2. The standard InChI is InChI=1S/C19H13N5O/c25-19(18-11-20-8-9-21-18)23-14-5-3-4-13(10-14)17-12-22-15-6-1-2-7-16(15)24-17/h1-12H,(H,23,25). The lowest BCUT2D eigenvalue weighted by Crippen LogP contribution is -2.13. The Kier molecular flexibility index (Phi) is 3.84. The van der Waals surface area contributed by atoms with Crippen molar-refractivity contribution in [2.75, 3.05) is 5.32 Å². The molecule has 120 valence electrons. The molecule has 0 saturated carbocycles. The van der Waals surface area contributed by atoms with Crippen molar-refractivity contribution in [2.45, 2.75) is 0 Å². The molecule has 1 amide bonds. The van der Waals surface area contributed by atoms with Crippen LogP contribution in [0.5, 0.6) is 0 Å². The fraction of sp³-hybridized carbons (Fsp3) is 0. The van der Waals surface area contributed by atoms with Crippen molar-refractivity contribution in [3.05, 3.63) is 79.0 Å². The molecule has 4 aromatic rings. The van der Waals surface area contributed by atoms with Gasteiger partial charge in [-0.15, -0.1) is 0 Å². The predicted octanol–water partition coefficient (Wildman–Crippen LogP) is 3.34. The van der Waals surface area contributed by atoms with E-state index in [0.29, 0.717) is 5.69 Å². The third-order valence-corrected chi connectivity index (χ3v) is 3.66. The lowest BCUT2D eigenvalue weighted by molar-refractivity contribution is 0.102. The first-order valence-electron chi connectivity index (χ1n) is 7.69. The van der Waals surface area contributed by atoms with Crippen LogP contribution >= 0.6 is 0 Å². The van der Waals surface area contributed by atoms with Gasteiger partial charge in [-0.2, -0.15) is 0 Å². The number of nitrogens with zero attached hydrogens (tertiary/aromatic N) is 4. The molecule has 2 heterocycles. The third kappa shape index (κ3) is 3.18.